The number of piperidine rings is 1. The number of hydrogen-bond donors (Lipinski definition) is 2. The van der Waals surface area contributed by atoms with E-state index in [1.807, 2.05) is 6.07 Å². The van der Waals surface area contributed by atoms with Crippen molar-refractivity contribution in [2.24, 2.45) is 0 Å². The maximum Gasteiger partial charge on any atom is 0.401 e. The molecular weight excluding hydrogens is 375 g/mol. The third-order valence-corrected chi connectivity index (χ3v) is 6.89. The van der Waals surface area contributed by atoms with Gasteiger partial charge < -0.3 is 10.6 Å². The lowest BCUT2D eigenvalue weighted by molar-refractivity contribution is -0.148. The van der Waals surface area contributed by atoms with Crippen LogP contribution in [0, 0.1) is 0 Å². The van der Waals surface area contributed by atoms with Crippen molar-refractivity contribution in [3.05, 3.63) is 21.9 Å². The van der Waals surface area contributed by atoms with Crippen molar-refractivity contribution in [3.8, 4) is 0 Å². The van der Waals surface area contributed by atoms with Crippen molar-refractivity contribution in [3.63, 3.8) is 0 Å². The molecule has 0 bridgehead atoms. The van der Waals surface area contributed by atoms with Crippen LogP contribution in [-0.2, 0) is 0 Å². The maximum atomic E-state index is 12.5. The number of alkyl halides is 3. The van der Waals surface area contributed by atoms with E-state index >= 15 is 0 Å². The smallest absolute Gasteiger partial charge is 0.349 e. The van der Waals surface area contributed by atoms with E-state index < -0.39 is 12.7 Å². The number of carbonyl (C=O) groups is 1. The number of likely N-dealkylation sites (tertiary alicyclic amines) is 1. The summed E-state index contributed by atoms with van der Waals surface area (Å²) >= 11 is 1.46. The van der Waals surface area contributed by atoms with E-state index in [1.54, 1.807) is 0 Å². The van der Waals surface area contributed by atoms with Gasteiger partial charge in [-0.2, -0.15) is 13.2 Å². The zero-order valence-electron chi connectivity index (χ0n) is 15.2. The summed E-state index contributed by atoms with van der Waals surface area (Å²) in [5, 5.41) is 8.76. The van der Waals surface area contributed by atoms with Crippen LogP contribution in [0.15, 0.2) is 11.4 Å². The van der Waals surface area contributed by atoms with Crippen molar-refractivity contribution in [2.45, 2.75) is 68.7 Å². The molecular formula is C19H26F3N3OS. The lowest BCUT2D eigenvalue weighted by atomic mass is 9.93. The number of nitrogens with zero attached hydrogens (tertiary/aromatic N) is 1. The van der Waals surface area contributed by atoms with Gasteiger partial charge in [0, 0.05) is 37.1 Å². The maximum absolute atomic E-state index is 12.5. The van der Waals surface area contributed by atoms with Crippen molar-refractivity contribution in [1.82, 2.24) is 15.5 Å². The fraction of sp³-hybridized carbons (Fsp3) is 0.737. The molecule has 1 saturated heterocycles. The highest BCUT2D eigenvalue weighted by atomic mass is 32.1. The van der Waals surface area contributed by atoms with E-state index in [1.165, 1.54) is 41.1 Å². The van der Waals surface area contributed by atoms with Gasteiger partial charge >= 0.3 is 6.18 Å². The number of amides is 1. The molecule has 150 valence electrons. The van der Waals surface area contributed by atoms with Crippen LogP contribution in [-0.4, -0.2) is 54.7 Å². The average Bonchev–Trinajstić information content (AvgIpc) is 3.15. The number of nitrogens with one attached hydrogen (secondary N) is 2. The highest BCUT2D eigenvalue weighted by Crippen LogP contribution is 2.43. The minimum absolute atomic E-state index is 0.0403. The molecule has 0 aromatic carbocycles. The first-order valence-electron chi connectivity index (χ1n) is 9.82. The second-order valence-electron chi connectivity index (χ2n) is 8.13. The van der Waals surface area contributed by atoms with Gasteiger partial charge in [-0.25, -0.2) is 0 Å². The highest BCUT2D eigenvalue weighted by Gasteiger charge is 2.41. The van der Waals surface area contributed by atoms with Crippen molar-refractivity contribution in [2.75, 3.05) is 19.6 Å². The molecule has 2 heterocycles. The molecule has 27 heavy (non-hydrogen) atoms. The Balaban J connectivity index is 1.22. The molecule has 0 radical (unpaired) electrons. The molecule has 1 aromatic heterocycles. The lowest BCUT2D eigenvalue weighted by Crippen LogP contribution is -2.46. The van der Waals surface area contributed by atoms with E-state index in [0.717, 1.165) is 6.42 Å². The summed E-state index contributed by atoms with van der Waals surface area (Å²) in [6.45, 7) is -0.118. The van der Waals surface area contributed by atoms with Crippen LogP contribution in [0.3, 0.4) is 0 Å². The molecule has 3 aliphatic rings. The predicted octanol–water partition coefficient (Wildman–Crippen LogP) is 3.50. The Labute approximate surface area is 161 Å². The summed E-state index contributed by atoms with van der Waals surface area (Å²) in [6, 6.07) is 3.19. The van der Waals surface area contributed by atoms with Crippen LogP contribution in [0.1, 0.15) is 59.7 Å². The van der Waals surface area contributed by atoms with Gasteiger partial charge in [-0.1, -0.05) is 6.42 Å². The number of rotatable bonds is 6. The Morgan fingerprint density at radius 1 is 1.19 bits per heavy atom. The van der Waals surface area contributed by atoms with E-state index in [9.17, 15) is 18.0 Å². The van der Waals surface area contributed by atoms with Crippen molar-refractivity contribution in [1.29, 1.82) is 0 Å². The van der Waals surface area contributed by atoms with Gasteiger partial charge in [0.05, 0.1) is 11.4 Å². The predicted molar refractivity (Wildman–Crippen MR) is 99.2 cm³/mol. The third kappa shape index (κ3) is 5.03. The normalized spacial score (nSPS) is 27.4. The van der Waals surface area contributed by atoms with Crippen molar-refractivity contribution >= 4 is 17.2 Å². The molecule has 1 aliphatic heterocycles. The molecule has 0 spiro atoms. The standard InChI is InChI=1S/C19H26F3N3OS/c20-19(21,22)11-25-6-4-14(5-7-25)24-18(26)17-8-12(10-27-17)15-9-16(15)23-13-2-1-3-13/h8,10,13-16,23H,1-7,9,11H2,(H,24,26). The lowest BCUT2D eigenvalue weighted by Gasteiger charge is -2.32. The van der Waals surface area contributed by atoms with Crippen molar-refractivity contribution < 1.29 is 18.0 Å². The third-order valence-electron chi connectivity index (χ3n) is 5.94. The van der Waals surface area contributed by atoms with E-state index in [0.29, 0.717) is 48.8 Å². The Morgan fingerprint density at radius 3 is 2.56 bits per heavy atom. The van der Waals surface area contributed by atoms with Crippen LogP contribution in [0.4, 0.5) is 13.2 Å². The SMILES string of the molecule is O=C(NC1CCN(CC(F)(F)F)CC1)c1cc(C2CC2NC2CCC2)cs1. The Morgan fingerprint density at radius 2 is 1.93 bits per heavy atom. The largest absolute Gasteiger partial charge is 0.401 e. The fourth-order valence-electron chi connectivity index (χ4n) is 4.04. The number of carbonyl (C=O) groups excluding carboxylic acids is 1. The summed E-state index contributed by atoms with van der Waals surface area (Å²) in [6.07, 6.45) is 2.01. The van der Waals surface area contributed by atoms with Crippen LogP contribution < -0.4 is 10.6 Å². The molecule has 1 aromatic rings. The summed E-state index contributed by atoms with van der Waals surface area (Å²) in [4.78, 5) is 14.6. The van der Waals surface area contributed by atoms with E-state index in [4.69, 9.17) is 0 Å². The fourth-order valence-corrected chi connectivity index (χ4v) is 4.91. The number of thiophene rings is 1. The monoisotopic (exact) mass is 401 g/mol. The molecule has 2 unspecified atom stereocenters. The number of halogens is 3. The average molecular weight is 401 g/mol. The first kappa shape index (κ1) is 19.2. The zero-order chi connectivity index (χ0) is 19.0. The summed E-state index contributed by atoms with van der Waals surface area (Å²) in [5.74, 6) is 0.429. The van der Waals surface area contributed by atoms with Gasteiger partial charge in [0.15, 0.2) is 0 Å². The molecule has 8 heteroatoms. The van der Waals surface area contributed by atoms with Gasteiger partial charge in [-0.05, 0) is 49.1 Å². The molecule has 4 nitrogen and oxygen atoms in total. The Hall–Kier alpha value is -1.12. The molecule has 2 atom stereocenters. The van der Waals surface area contributed by atoms with Crippen LogP contribution in [0.25, 0.3) is 0 Å². The highest BCUT2D eigenvalue weighted by molar-refractivity contribution is 7.12. The summed E-state index contributed by atoms with van der Waals surface area (Å²) in [7, 11) is 0. The number of hydrogen-bond acceptors (Lipinski definition) is 4. The summed E-state index contributed by atoms with van der Waals surface area (Å²) in [5.41, 5.74) is 1.24. The van der Waals surface area contributed by atoms with Crippen LogP contribution in [0.5, 0.6) is 0 Å². The Bertz CT molecular complexity index is 665. The zero-order valence-corrected chi connectivity index (χ0v) is 16.0. The first-order valence-corrected chi connectivity index (χ1v) is 10.7. The second-order valence-corrected chi connectivity index (χ2v) is 9.04. The van der Waals surface area contributed by atoms with Gasteiger partial charge in [-0.15, -0.1) is 11.3 Å². The van der Waals surface area contributed by atoms with Crippen LogP contribution in [0.2, 0.25) is 0 Å². The Kier molecular flexibility index (Phi) is 5.49. The van der Waals surface area contributed by atoms with Gasteiger partial charge in [0.25, 0.3) is 5.91 Å². The topological polar surface area (TPSA) is 44.4 Å². The van der Waals surface area contributed by atoms with Gasteiger partial charge in [0.1, 0.15) is 0 Å². The molecule has 4 rings (SSSR count). The molecule has 3 fully saturated rings. The minimum atomic E-state index is -4.16. The quantitative estimate of drug-likeness (QED) is 0.767. The summed E-state index contributed by atoms with van der Waals surface area (Å²) < 4.78 is 37.3. The molecule has 2 N–H and O–H groups in total. The van der Waals surface area contributed by atoms with Gasteiger partial charge in [-0.3, -0.25) is 9.69 Å². The van der Waals surface area contributed by atoms with E-state index in [2.05, 4.69) is 16.0 Å². The molecule has 2 saturated carbocycles. The van der Waals surface area contributed by atoms with Gasteiger partial charge in [0.2, 0.25) is 0 Å². The molecule has 1 amide bonds. The minimum Gasteiger partial charge on any atom is -0.349 e. The van der Waals surface area contributed by atoms with E-state index in [-0.39, 0.29) is 11.9 Å². The first-order chi connectivity index (χ1) is 12.9. The second kappa shape index (κ2) is 7.72. The molecule has 2 aliphatic carbocycles. The van der Waals surface area contributed by atoms with Crippen LogP contribution >= 0.6 is 11.3 Å².